The zero-order chi connectivity index (χ0) is 13.1. The Morgan fingerprint density at radius 1 is 1.53 bits per heavy atom. The number of hydrogen-bond donors (Lipinski definition) is 3. The van der Waals surface area contributed by atoms with E-state index in [1.807, 2.05) is 6.92 Å². The summed E-state index contributed by atoms with van der Waals surface area (Å²) in [4.78, 5) is 13.3. The summed E-state index contributed by atoms with van der Waals surface area (Å²) in [5.41, 5.74) is 5.36. The zero-order valence-corrected chi connectivity index (χ0v) is 10.5. The van der Waals surface area contributed by atoms with Gasteiger partial charge >= 0.3 is 6.03 Å². The SMILES string of the molecule is CCCNC(=O)N(CCOC)CCC(N)=NO. The lowest BCUT2D eigenvalue weighted by Gasteiger charge is -2.22. The van der Waals surface area contributed by atoms with Crippen LogP contribution in [0.1, 0.15) is 19.8 Å². The Hall–Kier alpha value is -1.50. The van der Waals surface area contributed by atoms with Crippen LogP contribution in [-0.2, 0) is 4.74 Å². The highest BCUT2D eigenvalue weighted by molar-refractivity contribution is 5.80. The second-order valence-electron chi connectivity index (χ2n) is 3.55. The summed E-state index contributed by atoms with van der Waals surface area (Å²) in [6.45, 7) is 3.94. The van der Waals surface area contributed by atoms with Crippen LogP contribution in [0.2, 0.25) is 0 Å². The molecule has 0 aromatic heterocycles. The van der Waals surface area contributed by atoms with E-state index in [2.05, 4.69) is 10.5 Å². The molecule has 0 aliphatic heterocycles. The molecule has 0 aliphatic rings. The number of amidine groups is 1. The quantitative estimate of drug-likeness (QED) is 0.246. The van der Waals surface area contributed by atoms with Crippen molar-refractivity contribution >= 4 is 11.9 Å². The van der Waals surface area contributed by atoms with Crippen molar-refractivity contribution in [3.63, 3.8) is 0 Å². The van der Waals surface area contributed by atoms with Gasteiger partial charge in [0.15, 0.2) is 0 Å². The number of carbonyl (C=O) groups excluding carboxylic acids is 1. The largest absolute Gasteiger partial charge is 0.409 e. The zero-order valence-electron chi connectivity index (χ0n) is 10.5. The lowest BCUT2D eigenvalue weighted by atomic mass is 10.3. The van der Waals surface area contributed by atoms with Gasteiger partial charge in [-0.15, -0.1) is 0 Å². The van der Waals surface area contributed by atoms with Crippen molar-refractivity contribution < 1.29 is 14.7 Å². The van der Waals surface area contributed by atoms with Gasteiger partial charge in [0.2, 0.25) is 0 Å². The normalized spacial score (nSPS) is 11.3. The molecule has 0 atom stereocenters. The van der Waals surface area contributed by atoms with Crippen LogP contribution >= 0.6 is 0 Å². The van der Waals surface area contributed by atoms with E-state index in [1.165, 1.54) is 0 Å². The van der Waals surface area contributed by atoms with Crippen LogP contribution in [-0.4, -0.2) is 55.3 Å². The van der Waals surface area contributed by atoms with Crippen molar-refractivity contribution in [2.75, 3.05) is 33.4 Å². The highest BCUT2D eigenvalue weighted by Crippen LogP contribution is 1.94. The molecule has 17 heavy (non-hydrogen) atoms. The molecule has 0 heterocycles. The number of nitrogens with zero attached hydrogens (tertiary/aromatic N) is 2. The lowest BCUT2D eigenvalue weighted by molar-refractivity contribution is 0.150. The van der Waals surface area contributed by atoms with E-state index in [4.69, 9.17) is 15.7 Å². The van der Waals surface area contributed by atoms with Crippen LogP contribution in [0.4, 0.5) is 4.79 Å². The number of rotatable bonds is 8. The average molecular weight is 246 g/mol. The first kappa shape index (κ1) is 15.5. The minimum Gasteiger partial charge on any atom is -0.409 e. The molecule has 4 N–H and O–H groups in total. The van der Waals surface area contributed by atoms with Crippen LogP contribution in [0.3, 0.4) is 0 Å². The van der Waals surface area contributed by atoms with Crippen LogP contribution in [0.5, 0.6) is 0 Å². The molecule has 0 fully saturated rings. The lowest BCUT2D eigenvalue weighted by Crippen LogP contribution is -2.43. The first-order valence-electron chi connectivity index (χ1n) is 5.63. The Balaban J connectivity index is 4.16. The summed E-state index contributed by atoms with van der Waals surface area (Å²) >= 11 is 0. The van der Waals surface area contributed by atoms with Crippen molar-refractivity contribution in [2.45, 2.75) is 19.8 Å². The summed E-state index contributed by atoms with van der Waals surface area (Å²) in [6, 6.07) is -0.158. The van der Waals surface area contributed by atoms with E-state index < -0.39 is 0 Å². The number of ether oxygens (including phenoxy) is 1. The van der Waals surface area contributed by atoms with Crippen molar-refractivity contribution in [1.82, 2.24) is 10.2 Å². The topological polar surface area (TPSA) is 100 Å². The molecule has 0 aliphatic carbocycles. The van der Waals surface area contributed by atoms with Gasteiger partial charge in [0, 0.05) is 33.2 Å². The van der Waals surface area contributed by atoms with Crippen molar-refractivity contribution in [2.24, 2.45) is 10.9 Å². The van der Waals surface area contributed by atoms with Gasteiger partial charge in [-0.3, -0.25) is 0 Å². The number of amides is 2. The molecule has 7 heteroatoms. The predicted octanol–water partition coefficient (Wildman–Crippen LogP) is 0.191. The molecule has 0 spiro atoms. The van der Waals surface area contributed by atoms with Gasteiger partial charge in [-0.2, -0.15) is 0 Å². The first-order valence-corrected chi connectivity index (χ1v) is 5.63. The molecular weight excluding hydrogens is 224 g/mol. The highest BCUT2D eigenvalue weighted by Gasteiger charge is 2.12. The van der Waals surface area contributed by atoms with Crippen LogP contribution < -0.4 is 11.1 Å². The van der Waals surface area contributed by atoms with Gasteiger partial charge in [-0.1, -0.05) is 12.1 Å². The summed E-state index contributed by atoms with van der Waals surface area (Å²) in [6.07, 6.45) is 1.21. The minimum atomic E-state index is -0.158. The number of methoxy groups -OCH3 is 1. The molecule has 0 unspecified atom stereocenters. The fraction of sp³-hybridized carbons (Fsp3) is 0.800. The summed E-state index contributed by atoms with van der Waals surface area (Å²) < 4.78 is 4.93. The van der Waals surface area contributed by atoms with E-state index >= 15 is 0 Å². The molecule has 0 radical (unpaired) electrons. The van der Waals surface area contributed by atoms with Gasteiger partial charge in [0.1, 0.15) is 5.84 Å². The van der Waals surface area contributed by atoms with Gasteiger partial charge < -0.3 is 25.9 Å². The Morgan fingerprint density at radius 3 is 2.76 bits per heavy atom. The van der Waals surface area contributed by atoms with Crippen molar-refractivity contribution in [3.05, 3.63) is 0 Å². The Kier molecular flexibility index (Phi) is 8.85. The maximum Gasteiger partial charge on any atom is 0.317 e. The van der Waals surface area contributed by atoms with Crippen LogP contribution in [0.25, 0.3) is 0 Å². The average Bonchev–Trinajstić information content (AvgIpc) is 2.35. The minimum absolute atomic E-state index is 0.107. The Bertz CT molecular complexity index is 246. The highest BCUT2D eigenvalue weighted by atomic mass is 16.5. The number of hydrogen-bond acceptors (Lipinski definition) is 4. The second kappa shape index (κ2) is 9.71. The Morgan fingerprint density at radius 2 is 2.24 bits per heavy atom. The fourth-order valence-electron chi connectivity index (χ4n) is 1.16. The maximum atomic E-state index is 11.7. The van der Waals surface area contributed by atoms with E-state index in [9.17, 15) is 4.79 Å². The molecule has 100 valence electrons. The van der Waals surface area contributed by atoms with E-state index in [-0.39, 0.29) is 11.9 Å². The molecular formula is C10H22N4O3. The van der Waals surface area contributed by atoms with Crippen LogP contribution in [0.15, 0.2) is 5.16 Å². The molecule has 0 aromatic carbocycles. The second-order valence-corrected chi connectivity index (χ2v) is 3.55. The number of carbonyl (C=O) groups is 1. The van der Waals surface area contributed by atoms with Crippen molar-refractivity contribution in [1.29, 1.82) is 0 Å². The van der Waals surface area contributed by atoms with Gasteiger partial charge in [-0.05, 0) is 6.42 Å². The van der Waals surface area contributed by atoms with Crippen molar-refractivity contribution in [3.8, 4) is 0 Å². The van der Waals surface area contributed by atoms with Gasteiger partial charge in [-0.25, -0.2) is 4.79 Å². The third-order valence-electron chi connectivity index (χ3n) is 2.15. The Labute approximate surface area is 102 Å². The monoisotopic (exact) mass is 246 g/mol. The number of nitrogens with two attached hydrogens (primary N) is 1. The first-order chi connectivity index (χ1) is 8.15. The van der Waals surface area contributed by atoms with E-state index in [0.29, 0.717) is 32.7 Å². The van der Waals surface area contributed by atoms with Gasteiger partial charge in [0.05, 0.1) is 6.61 Å². The molecule has 2 amide bonds. The third-order valence-corrected chi connectivity index (χ3v) is 2.15. The smallest absolute Gasteiger partial charge is 0.317 e. The third kappa shape index (κ3) is 7.40. The number of nitrogens with one attached hydrogen (secondary N) is 1. The number of urea groups is 1. The van der Waals surface area contributed by atoms with Gasteiger partial charge in [0.25, 0.3) is 0 Å². The number of oxime groups is 1. The molecule has 0 aromatic rings. The fourth-order valence-corrected chi connectivity index (χ4v) is 1.16. The molecule has 0 saturated carbocycles. The summed E-state index contributed by atoms with van der Waals surface area (Å²) in [5.74, 6) is 0.107. The molecule has 0 saturated heterocycles. The summed E-state index contributed by atoms with van der Waals surface area (Å²) in [5, 5.41) is 14.1. The predicted molar refractivity (Wildman–Crippen MR) is 65.2 cm³/mol. The standard InChI is InChI=1S/C10H22N4O3/c1-3-5-12-10(15)14(7-8-17-2)6-4-9(11)13-16/h16H,3-8H2,1-2H3,(H2,11,13)(H,12,15). The van der Waals surface area contributed by atoms with E-state index in [1.54, 1.807) is 12.0 Å². The molecule has 7 nitrogen and oxygen atoms in total. The molecule has 0 bridgehead atoms. The maximum absolute atomic E-state index is 11.7. The van der Waals surface area contributed by atoms with E-state index in [0.717, 1.165) is 6.42 Å². The van der Waals surface area contributed by atoms with Crippen LogP contribution in [0, 0.1) is 0 Å². The molecule has 0 rings (SSSR count). The summed E-state index contributed by atoms with van der Waals surface area (Å²) in [7, 11) is 1.58.